The Kier molecular flexibility index (Phi) is 7.49. The van der Waals surface area contributed by atoms with Gasteiger partial charge in [-0.15, -0.1) is 16.9 Å². The van der Waals surface area contributed by atoms with Crippen LogP contribution in [0.2, 0.25) is 0 Å². The minimum absolute atomic E-state index is 0.0862. The van der Waals surface area contributed by atoms with Crippen LogP contribution in [0.1, 0.15) is 28.5 Å². The summed E-state index contributed by atoms with van der Waals surface area (Å²) in [6.45, 7) is 1.14. The van der Waals surface area contributed by atoms with Crippen LogP contribution >= 0.6 is 11.8 Å². The summed E-state index contributed by atoms with van der Waals surface area (Å²) in [5, 5.41) is 11.1. The van der Waals surface area contributed by atoms with Gasteiger partial charge in [-0.1, -0.05) is 23.4 Å². The lowest BCUT2D eigenvalue weighted by Crippen LogP contribution is -2.39. The molecule has 2 aromatic carbocycles. The molecular weight excluding hydrogens is 454 g/mol. The molecule has 1 aromatic heterocycles. The molecular formula is C24H27N5O4S. The number of amides is 1. The molecule has 4 rings (SSSR count). The number of carbonyl (C=O) groups excluding carboxylic acids is 2. The van der Waals surface area contributed by atoms with E-state index in [2.05, 4.69) is 20.5 Å². The van der Waals surface area contributed by atoms with Crippen LogP contribution in [0.15, 0.2) is 59.6 Å². The first-order valence-corrected chi connectivity index (χ1v) is 12.0. The van der Waals surface area contributed by atoms with Crippen LogP contribution in [0.4, 0.5) is 5.69 Å². The third-order valence-electron chi connectivity index (χ3n) is 5.82. The maximum absolute atomic E-state index is 13.4. The molecule has 0 aliphatic carbocycles. The van der Waals surface area contributed by atoms with E-state index >= 15 is 0 Å². The molecule has 10 heteroatoms. The molecule has 1 N–H and O–H groups in total. The Hall–Kier alpha value is -3.37. The Morgan fingerprint density at radius 1 is 1.18 bits per heavy atom. The maximum Gasteiger partial charge on any atom is 0.360 e. The summed E-state index contributed by atoms with van der Waals surface area (Å²) in [4.78, 5) is 28.4. The van der Waals surface area contributed by atoms with Gasteiger partial charge in [0.25, 0.3) is 0 Å². The van der Waals surface area contributed by atoms with Gasteiger partial charge in [-0.25, -0.2) is 9.48 Å². The lowest BCUT2D eigenvalue weighted by Gasteiger charge is -2.23. The Balaban J connectivity index is 1.56. The van der Waals surface area contributed by atoms with Crippen LogP contribution in [-0.4, -0.2) is 64.8 Å². The van der Waals surface area contributed by atoms with E-state index in [1.807, 2.05) is 54.8 Å². The number of thioether (sulfide) groups is 1. The van der Waals surface area contributed by atoms with Crippen molar-refractivity contribution >= 4 is 29.3 Å². The molecule has 2 atom stereocenters. The van der Waals surface area contributed by atoms with Crippen LogP contribution in [0.25, 0.3) is 0 Å². The molecule has 34 heavy (non-hydrogen) atoms. The standard InChI is InChI=1S/C24H27N5O4S/c1-32-19-8-4-6-16(10-19)13-28-14-18(29-15-21(26-27-29)24(31)33-2)12-22(28)23(30)25-17-7-5-9-20(11-17)34-3/h4-11,15,18,22H,12-14H2,1-3H3,(H,25,30)/t18-,22+/m1/s1. The van der Waals surface area contributed by atoms with E-state index < -0.39 is 5.97 Å². The normalized spacial score (nSPS) is 18.0. The zero-order valence-corrected chi connectivity index (χ0v) is 20.1. The number of hydrogen-bond donors (Lipinski definition) is 1. The fourth-order valence-corrected chi connectivity index (χ4v) is 4.56. The van der Waals surface area contributed by atoms with Gasteiger partial charge in [0.15, 0.2) is 5.69 Å². The SMILES string of the molecule is COC(=O)c1cn([C@@H]2C[C@@H](C(=O)Nc3cccc(SC)c3)N(Cc3cccc(OC)c3)C2)nn1. The van der Waals surface area contributed by atoms with Crippen molar-refractivity contribution in [1.82, 2.24) is 19.9 Å². The molecule has 1 amide bonds. The van der Waals surface area contributed by atoms with Crippen LogP contribution in [0.5, 0.6) is 5.75 Å². The minimum Gasteiger partial charge on any atom is -0.497 e. The van der Waals surface area contributed by atoms with E-state index in [9.17, 15) is 9.59 Å². The van der Waals surface area contributed by atoms with E-state index in [-0.39, 0.29) is 23.7 Å². The van der Waals surface area contributed by atoms with Crippen molar-refractivity contribution < 1.29 is 19.1 Å². The molecule has 1 aliphatic rings. The molecule has 0 spiro atoms. The van der Waals surface area contributed by atoms with Crippen molar-refractivity contribution in [3.8, 4) is 5.75 Å². The van der Waals surface area contributed by atoms with E-state index in [1.165, 1.54) is 7.11 Å². The maximum atomic E-state index is 13.4. The summed E-state index contributed by atoms with van der Waals surface area (Å²) in [6.07, 6.45) is 4.10. The lowest BCUT2D eigenvalue weighted by atomic mass is 10.1. The summed E-state index contributed by atoms with van der Waals surface area (Å²) in [5.41, 5.74) is 1.94. The fraction of sp³-hybridized carbons (Fsp3) is 0.333. The van der Waals surface area contributed by atoms with Crippen molar-refractivity contribution in [2.45, 2.75) is 29.9 Å². The van der Waals surface area contributed by atoms with Gasteiger partial charge in [-0.3, -0.25) is 9.69 Å². The van der Waals surface area contributed by atoms with Crippen molar-refractivity contribution in [3.05, 3.63) is 66.0 Å². The molecule has 3 aromatic rings. The Bertz CT molecular complexity index is 1170. The number of carbonyl (C=O) groups is 2. The third kappa shape index (κ3) is 5.40. The zero-order valence-electron chi connectivity index (χ0n) is 19.3. The Labute approximate surface area is 202 Å². The summed E-state index contributed by atoms with van der Waals surface area (Å²) in [7, 11) is 2.94. The predicted octanol–water partition coefficient (Wildman–Crippen LogP) is 3.25. The van der Waals surface area contributed by atoms with E-state index in [0.29, 0.717) is 19.5 Å². The largest absolute Gasteiger partial charge is 0.497 e. The summed E-state index contributed by atoms with van der Waals surface area (Å²) in [6, 6.07) is 15.1. The highest BCUT2D eigenvalue weighted by atomic mass is 32.2. The van der Waals surface area contributed by atoms with Crippen molar-refractivity contribution in [2.24, 2.45) is 0 Å². The summed E-state index contributed by atoms with van der Waals surface area (Å²) in [5.74, 6) is 0.138. The van der Waals surface area contributed by atoms with E-state index in [4.69, 9.17) is 9.47 Å². The second kappa shape index (κ2) is 10.7. The van der Waals surface area contributed by atoms with Gasteiger partial charge < -0.3 is 14.8 Å². The molecule has 0 saturated carbocycles. The quantitative estimate of drug-likeness (QED) is 0.387. The molecule has 0 bridgehead atoms. The first kappa shape index (κ1) is 23.8. The number of esters is 1. The number of benzene rings is 2. The molecule has 1 fully saturated rings. The number of nitrogens with one attached hydrogen (secondary N) is 1. The average molecular weight is 482 g/mol. The number of methoxy groups -OCH3 is 2. The number of anilines is 1. The number of aromatic nitrogens is 3. The minimum atomic E-state index is -0.541. The zero-order chi connectivity index (χ0) is 24.1. The Morgan fingerprint density at radius 3 is 2.76 bits per heavy atom. The Morgan fingerprint density at radius 2 is 2.00 bits per heavy atom. The number of ether oxygens (including phenoxy) is 2. The first-order valence-electron chi connectivity index (χ1n) is 10.8. The second-order valence-electron chi connectivity index (χ2n) is 7.98. The van der Waals surface area contributed by atoms with Gasteiger partial charge in [-0.05, 0) is 48.6 Å². The molecule has 178 valence electrons. The predicted molar refractivity (Wildman–Crippen MR) is 129 cm³/mol. The third-order valence-corrected chi connectivity index (χ3v) is 6.55. The van der Waals surface area contributed by atoms with Crippen molar-refractivity contribution in [1.29, 1.82) is 0 Å². The molecule has 0 unspecified atom stereocenters. The number of nitrogens with zero attached hydrogens (tertiary/aromatic N) is 4. The highest BCUT2D eigenvalue weighted by molar-refractivity contribution is 7.98. The average Bonchev–Trinajstić information content (AvgIpc) is 3.51. The summed E-state index contributed by atoms with van der Waals surface area (Å²) >= 11 is 1.62. The van der Waals surface area contributed by atoms with Crippen LogP contribution in [-0.2, 0) is 16.1 Å². The van der Waals surface area contributed by atoms with Crippen LogP contribution in [0, 0.1) is 0 Å². The van der Waals surface area contributed by atoms with Crippen molar-refractivity contribution in [2.75, 3.05) is 32.3 Å². The highest BCUT2D eigenvalue weighted by Crippen LogP contribution is 2.30. The molecule has 1 saturated heterocycles. The monoisotopic (exact) mass is 481 g/mol. The molecule has 0 radical (unpaired) electrons. The number of rotatable bonds is 8. The van der Waals surface area contributed by atoms with Gasteiger partial charge >= 0.3 is 5.97 Å². The van der Waals surface area contributed by atoms with Crippen LogP contribution in [0.3, 0.4) is 0 Å². The molecule has 2 heterocycles. The lowest BCUT2D eigenvalue weighted by molar-refractivity contribution is -0.120. The summed E-state index contributed by atoms with van der Waals surface area (Å²) < 4.78 is 11.7. The van der Waals surface area contributed by atoms with Gasteiger partial charge in [-0.2, -0.15) is 0 Å². The highest BCUT2D eigenvalue weighted by Gasteiger charge is 2.38. The first-order chi connectivity index (χ1) is 16.5. The number of hydrogen-bond acceptors (Lipinski definition) is 8. The molecule has 9 nitrogen and oxygen atoms in total. The topological polar surface area (TPSA) is 98.6 Å². The van der Waals surface area contributed by atoms with Gasteiger partial charge in [0.05, 0.1) is 32.5 Å². The fourth-order valence-electron chi connectivity index (χ4n) is 4.10. The second-order valence-corrected chi connectivity index (χ2v) is 8.86. The smallest absolute Gasteiger partial charge is 0.360 e. The van der Waals surface area contributed by atoms with Gasteiger partial charge in [0.1, 0.15) is 5.75 Å². The van der Waals surface area contributed by atoms with E-state index in [1.54, 1.807) is 29.8 Å². The van der Waals surface area contributed by atoms with Crippen molar-refractivity contribution in [3.63, 3.8) is 0 Å². The van der Waals surface area contributed by atoms with Crippen LogP contribution < -0.4 is 10.1 Å². The van der Waals surface area contributed by atoms with E-state index in [0.717, 1.165) is 21.9 Å². The van der Waals surface area contributed by atoms with Gasteiger partial charge in [0.2, 0.25) is 5.91 Å². The number of likely N-dealkylation sites (tertiary alicyclic amines) is 1. The van der Waals surface area contributed by atoms with Gasteiger partial charge in [0, 0.05) is 23.7 Å². The molecule has 1 aliphatic heterocycles.